The first-order valence-electron chi connectivity index (χ1n) is 4.21. The number of hydrogen-bond donors (Lipinski definition) is 2. The molecule has 0 aromatic heterocycles. The highest BCUT2D eigenvalue weighted by atomic mass is 32.1. The summed E-state index contributed by atoms with van der Waals surface area (Å²) >= 11 is 5.06. The molecule has 0 amide bonds. The summed E-state index contributed by atoms with van der Waals surface area (Å²) in [4.78, 5) is 12.7. The maximum Gasteiger partial charge on any atom is 0.303 e. The second-order valence-electron chi connectivity index (χ2n) is 2.89. The van der Waals surface area contributed by atoms with Crippen molar-refractivity contribution in [1.82, 2.24) is 4.90 Å². The topological polar surface area (TPSA) is 66.6 Å². The summed E-state index contributed by atoms with van der Waals surface area (Å²) in [6, 6.07) is -0.323. The second-order valence-corrected chi connectivity index (χ2v) is 3.31. The quantitative estimate of drug-likeness (QED) is 0.443. The van der Waals surface area contributed by atoms with Crippen LogP contribution in [0.15, 0.2) is 0 Å². The Hall–Kier alpha value is -0.615. The minimum Gasteiger partial charge on any atom is -0.481 e. The van der Waals surface area contributed by atoms with Gasteiger partial charge in [-0.05, 0) is 12.9 Å². The molecule has 0 aliphatic heterocycles. The van der Waals surface area contributed by atoms with Crippen molar-refractivity contribution in [3.8, 4) is 0 Å². The first-order chi connectivity index (χ1) is 5.99. The van der Waals surface area contributed by atoms with E-state index in [9.17, 15) is 4.79 Å². The molecular formula is C7H15BN2O2S. The molecule has 6 heteroatoms. The van der Waals surface area contributed by atoms with Crippen LogP contribution < -0.4 is 5.73 Å². The lowest BCUT2D eigenvalue weighted by atomic mass is 10.1. The number of carboxylic acids is 1. The summed E-state index contributed by atoms with van der Waals surface area (Å²) in [7, 11) is 3.82. The summed E-state index contributed by atoms with van der Waals surface area (Å²) in [6.07, 6.45) is 1.26. The van der Waals surface area contributed by atoms with Crippen LogP contribution in [0.4, 0.5) is 0 Å². The Morgan fingerprint density at radius 2 is 2.31 bits per heavy atom. The Bertz CT molecular complexity index is 201. The van der Waals surface area contributed by atoms with Crippen molar-refractivity contribution in [3.63, 3.8) is 0 Å². The van der Waals surface area contributed by atoms with Crippen LogP contribution >= 0.6 is 12.2 Å². The molecule has 3 N–H and O–H groups in total. The van der Waals surface area contributed by atoms with Crippen molar-refractivity contribution in [2.45, 2.75) is 18.9 Å². The lowest BCUT2D eigenvalue weighted by Crippen LogP contribution is -2.41. The lowest BCUT2D eigenvalue weighted by Gasteiger charge is -2.22. The zero-order chi connectivity index (χ0) is 10.4. The van der Waals surface area contributed by atoms with E-state index < -0.39 is 5.97 Å². The molecule has 0 unspecified atom stereocenters. The van der Waals surface area contributed by atoms with Gasteiger partial charge < -0.3 is 15.7 Å². The first kappa shape index (κ1) is 12.4. The third-order valence-electron chi connectivity index (χ3n) is 1.84. The van der Waals surface area contributed by atoms with E-state index in [0.717, 1.165) is 6.44 Å². The number of aliphatic carboxylic acids is 1. The molecule has 0 heterocycles. The van der Waals surface area contributed by atoms with Crippen LogP contribution in [0.25, 0.3) is 0 Å². The van der Waals surface area contributed by atoms with Gasteiger partial charge in [-0.15, -0.1) is 0 Å². The van der Waals surface area contributed by atoms with Crippen LogP contribution in [-0.2, 0) is 4.79 Å². The summed E-state index contributed by atoms with van der Waals surface area (Å²) in [5, 5.41) is 8.43. The molecule has 0 aromatic rings. The Kier molecular flexibility index (Phi) is 5.65. The van der Waals surface area contributed by atoms with Crippen molar-refractivity contribution in [1.29, 1.82) is 0 Å². The summed E-state index contributed by atoms with van der Waals surface area (Å²) < 4.78 is 0. The largest absolute Gasteiger partial charge is 0.481 e. The number of thiocarbonyl (C=S) groups is 1. The van der Waals surface area contributed by atoms with Crippen LogP contribution in [-0.4, -0.2) is 48.3 Å². The number of nitrogens with zero attached hydrogens (tertiary/aromatic N) is 1. The Morgan fingerprint density at radius 1 is 1.77 bits per heavy atom. The van der Waals surface area contributed by atoms with Crippen molar-refractivity contribution in [3.05, 3.63) is 0 Å². The van der Waals surface area contributed by atoms with Gasteiger partial charge in [-0.2, -0.15) is 0 Å². The highest BCUT2D eigenvalue weighted by Gasteiger charge is 2.13. The number of carboxylic acid groups (broad SMARTS) is 1. The molecule has 0 radical (unpaired) electrons. The van der Waals surface area contributed by atoms with Crippen LogP contribution in [0, 0.1) is 0 Å². The van der Waals surface area contributed by atoms with Crippen molar-refractivity contribution in [2.75, 3.05) is 13.5 Å². The number of carbonyl (C=O) groups is 1. The molecule has 4 nitrogen and oxygen atoms in total. The number of hydrogen-bond acceptors (Lipinski definition) is 3. The normalized spacial score (nSPS) is 12.2. The van der Waals surface area contributed by atoms with Gasteiger partial charge in [-0.25, -0.2) is 0 Å². The number of nitrogens with two attached hydrogens (primary N) is 1. The van der Waals surface area contributed by atoms with Crippen LogP contribution in [0.1, 0.15) is 12.8 Å². The van der Waals surface area contributed by atoms with Crippen molar-refractivity contribution in [2.24, 2.45) is 5.73 Å². The van der Waals surface area contributed by atoms with E-state index in [1.54, 1.807) is 0 Å². The molecule has 0 aromatic carbocycles. The van der Waals surface area contributed by atoms with E-state index in [4.69, 9.17) is 23.1 Å². The molecule has 1 atom stereocenters. The van der Waals surface area contributed by atoms with Gasteiger partial charge in [0.25, 0.3) is 0 Å². The average Bonchev–Trinajstić information content (AvgIpc) is 2.11. The number of rotatable bonds is 5. The predicted octanol–water partition coefficient (Wildman–Crippen LogP) is -0.972. The van der Waals surface area contributed by atoms with Crippen LogP contribution in [0.3, 0.4) is 0 Å². The van der Waals surface area contributed by atoms with E-state index in [1.807, 2.05) is 19.8 Å². The molecule has 0 spiro atoms. The zero-order valence-electron chi connectivity index (χ0n) is 7.99. The van der Waals surface area contributed by atoms with Crippen molar-refractivity contribution < 1.29 is 9.90 Å². The maximum atomic E-state index is 10.3. The summed E-state index contributed by atoms with van der Waals surface area (Å²) in [6.45, 7) is 0. The molecular weight excluding hydrogens is 187 g/mol. The van der Waals surface area contributed by atoms with Crippen LogP contribution in [0.5, 0.6) is 0 Å². The summed E-state index contributed by atoms with van der Waals surface area (Å²) in [5.41, 5.74) is 5.70. The third kappa shape index (κ3) is 4.85. The predicted molar refractivity (Wildman–Crippen MR) is 58.6 cm³/mol. The lowest BCUT2D eigenvalue weighted by molar-refractivity contribution is -0.137. The maximum absolute atomic E-state index is 10.3. The highest BCUT2D eigenvalue weighted by Crippen LogP contribution is 2.00. The highest BCUT2D eigenvalue weighted by molar-refractivity contribution is 7.80. The zero-order valence-corrected chi connectivity index (χ0v) is 8.80. The van der Waals surface area contributed by atoms with Gasteiger partial charge in [0.05, 0.1) is 11.0 Å². The Labute approximate surface area is 84.5 Å². The van der Waals surface area contributed by atoms with Gasteiger partial charge in [0.15, 0.2) is 0 Å². The number of likely N-dealkylation sites (N-methyl/N-ethyl adjacent to an activating group) is 1. The molecule has 0 aliphatic rings. The first-order valence-corrected chi connectivity index (χ1v) is 4.62. The van der Waals surface area contributed by atoms with Gasteiger partial charge in [0.1, 0.15) is 7.85 Å². The molecule has 0 rings (SSSR count). The van der Waals surface area contributed by atoms with E-state index in [2.05, 4.69) is 0 Å². The average molecular weight is 202 g/mol. The molecule has 0 aliphatic carbocycles. The smallest absolute Gasteiger partial charge is 0.303 e. The SMILES string of the molecule is BCN(C)C(=S)[C@@H](N)CCC(=O)O. The van der Waals surface area contributed by atoms with Crippen LogP contribution in [0.2, 0.25) is 0 Å². The standard InChI is InChI=1S/C7H15BN2O2S/c1-10(4-8)7(13)5(9)2-3-6(11)12/h5H,2-4,8-9H2,1H3,(H,11,12)/t5-/m0/s1. The van der Waals surface area contributed by atoms with Gasteiger partial charge >= 0.3 is 5.97 Å². The van der Waals surface area contributed by atoms with Gasteiger partial charge in [0, 0.05) is 13.5 Å². The fourth-order valence-corrected chi connectivity index (χ4v) is 1.09. The molecule has 0 saturated carbocycles. The molecule has 0 fully saturated rings. The van der Waals surface area contributed by atoms with E-state index in [1.165, 1.54) is 0 Å². The second kappa shape index (κ2) is 5.93. The molecule has 13 heavy (non-hydrogen) atoms. The summed E-state index contributed by atoms with van der Waals surface area (Å²) in [5.74, 6) is -0.836. The minimum absolute atomic E-state index is 0.0683. The third-order valence-corrected chi connectivity index (χ3v) is 2.45. The Morgan fingerprint density at radius 3 is 2.69 bits per heavy atom. The fraction of sp³-hybridized carbons (Fsp3) is 0.714. The van der Waals surface area contributed by atoms with Gasteiger partial charge in [0.2, 0.25) is 0 Å². The van der Waals surface area contributed by atoms with E-state index in [-0.39, 0.29) is 12.5 Å². The minimum atomic E-state index is -0.836. The van der Waals surface area contributed by atoms with Gasteiger partial charge in [-0.1, -0.05) is 12.2 Å². The molecule has 74 valence electrons. The monoisotopic (exact) mass is 202 g/mol. The Balaban J connectivity index is 3.89. The molecule has 0 saturated heterocycles. The van der Waals surface area contributed by atoms with Crippen molar-refractivity contribution >= 4 is 31.0 Å². The molecule has 0 bridgehead atoms. The van der Waals surface area contributed by atoms with E-state index in [0.29, 0.717) is 11.4 Å². The fourth-order valence-electron chi connectivity index (χ4n) is 0.841. The van der Waals surface area contributed by atoms with E-state index >= 15 is 0 Å². The van der Waals surface area contributed by atoms with Gasteiger partial charge in [-0.3, -0.25) is 4.79 Å².